The first kappa shape index (κ1) is 27.1. The molecule has 190 valence electrons. The van der Waals surface area contributed by atoms with Crippen molar-refractivity contribution in [3.05, 3.63) is 65.7 Å². The van der Waals surface area contributed by atoms with Gasteiger partial charge in [0.1, 0.15) is 17.3 Å². The number of rotatable bonds is 8. The summed E-state index contributed by atoms with van der Waals surface area (Å²) in [6, 6.07) is 14.2. The molecule has 0 radical (unpaired) electrons. The molecular weight excluding hydrogens is 472 g/mol. The Hall–Kier alpha value is -2.51. The molecular formula is C27H34ClF2N3O2. The fourth-order valence-electron chi connectivity index (χ4n) is 5.14. The average Bonchev–Trinajstić information content (AvgIpc) is 3.17. The zero-order valence-corrected chi connectivity index (χ0v) is 21.0. The third-order valence-electron chi connectivity index (χ3n) is 7.09. The maximum absolute atomic E-state index is 14.6. The van der Waals surface area contributed by atoms with Gasteiger partial charge in [-0.1, -0.05) is 36.4 Å². The van der Waals surface area contributed by atoms with Crippen molar-refractivity contribution in [2.45, 2.75) is 32.1 Å². The Kier molecular flexibility index (Phi) is 9.63. The topological polar surface area (TPSA) is 43.9 Å². The second-order valence-electron chi connectivity index (χ2n) is 9.56. The van der Waals surface area contributed by atoms with Gasteiger partial charge >= 0.3 is 0 Å². The van der Waals surface area contributed by atoms with Crippen LogP contribution in [-0.2, 0) is 16.0 Å². The van der Waals surface area contributed by atoms with Gasteiger partial charge in [0, 0.05) is 26.6 Å². The zero-order chi connectivity index (χ0) is 24.1. The number of nitrogens with zero attached hydrogens (tertiary/aromatic N) is 3. The maximum Gasteiger partial charge on any atom is 0.232 e. The minimum atomic E-state index is -0.757. The fourth-order valence-corrected chi connectivity index (χ4v) is 5.14. The molecule has 5 nitrogen and oxygen atoms in total. The molecule has 2 saturated heterocycles. The molecule has 2 heterocycles. The summed E-state index contributed by atoms with van der Waals surface area (Å²) in [6.07, 6.45) is 4.03. The predicted molar refractivity (Wildman–Crippen MR) is 136 cm³/mol. The van der Waals surface area contributed by atoms with E-state index < -0.39 is 17.6 Å². The lowest BCUT2D eigenvalue weighted by Crippen LogP contribution is -2.41. The Morgan fingerprint density at radius 1 is 1.03 bits per heavy atom. The van der Waals surface area contributed by atoms with Crippen LogP contribution in [0.1, 0.15) is 31.2 Å². The van der Waals surface area contributed by atoms with E-state index in [0.29, 0.717) is 12.3 Å². The molecule has 1 atom stereocenters. The van der Waals surface area contributed by atoms with Gasteiger partial charge in [-0.05, 0) is 68.9 Å². The van der Waals surface area contributed by atoms with E-state index in [1.807, 2.05) is 6.07 Å². The zero-order valence-electron chi connectivity index (χ0n) is 20.2. The lowest BCUT2D eigenvalue weighted by Gasteiger charge is -2.33. The predicted octanol–water partition coefficient (Wildman–Crippen LogP) is 4.54. The Morgan fingerprint density at radius 2 is 1.69 bits per heavy atom. The van der Waals surface area contributed by atoms with Crippen molar-refractivity contribution in [1.82, 2.24) is 9.80 Å². The average molecular weight is 506 g/mol. The van der Waals surface area contributed by atoms with Gasteiger partial charge in [0.25, 0.3) is 0 Å². The number of carbonyl (C=O) groups is 2. The van der Waals surface area contributed by atoms with Crippen molar-refractivity contribution < 1.29 is 18.4 Å². The van der Waals surface area contributed by atoms with Gasteiger partial charge in [0.2, 0.25) is 11.8 Å². The lowest BCUT2D eigenvalue weighted by molar-refractivity contribution is -0.127. The number of anilines is 1. The van der Waals surface area contributed by atoms with Gasteiger partial charge in [-0.15, -0.1) is 12.4 Å². The highest BCUT2D eigenvalue weighted by atomic mass is 35.5. The van der Waals surface area contributed by atoms with E-state index in [4.69, 9.17) is 0 Å². The first-order valence-electron chi connectivity index (χ1n) is 12.2. The van der Waals surface area contributed by atoms with Crippen molar-refractivity contribution in [3.8, 4) is 0 Å². The third kappa shape index (κ3) is 6.79. The van der Waals surface area contributed by atoms with E-state index in [9.17, 15) is 18.4 Å². The fraction of sp³-hybridized carbons (Fsp3) is 0.481. The number of amides is 2. The molecule has 2 aromatic rings. The third-order valence-corrected chi connectivity index (χ3v) is 7.09. The Labute approximate surface area is 212 Å². The molecule has 0 saturated carbocycles. The normalized spacial score (nSPS) is 19.0. The van der Waals surface area contributed by atoms with Crippen LogP contribution in [0, 0.1) is 23.5 Å². The number of carbonyl (C=O) groups excluding carboxylic acids is 2. The molecule has 2 aliphatic rings. The van der Waals surface area contributed by atoms with E-state index in [1.54, 1.807) is 7.05 Å². The molecule has 35 heavy (non-hydrogen) atoms. The molecule has 0 bridgehead atoms. The number of piperidine rings is 1. The van der Waals surface area contributed by atoms with E-state index in [0.717, 1.165) is 38.9 Å². The second-order valence-corrected chi connectivity index (χ2v) is 9.56. The highest BCUT2D eigenvalue weighted by Crippen LogP contribution is 2.28. The summed E-state index contributed by atoms with van der Waals surface area (Å²) in [5, 5.41) is 0. The van der Waals surface area contributed by atoms with Crippen LogP contribution in [0.15, 0.2) is 48.5 Å². The molecule has 0 spiro atoms. The highest BCUT2D eigenvalue weighted by Gasteiger charge is 2.36. The van der Waals surface area contributed by atoms with Crippen molar-refractivity contribution in [2.75, 3.05) is 44.7 Å². The minimum absolute atomic E-state index is 0. The monoisotopic (exact) mass is 505 g/mol. The van der Waals surface area contributed by atoms with Crippen LogP contribution >= 0.6 is 12.4 Å². The van der Waals surface area contributed by atoms with E-state index in [2.05, 4.69) is 29.2 Å². The van der Waals surface area contributed by atoms with Crippen LogP contribution < -0.4 is 4.90 Å². The molecule has 2 amide bonds. The van der Waals surface area contributed by atoms with Gasteiger partial charge < -0.3 is 14.7 Å². The van der Waals surface area contributed by atoms with Crippen molar-refractivity contribution >= 4 is 29.9 Å². The number of likely N-dealkylation sites (tertiary alicyclic amines) is 2. The number of halogens is 3. The molecule has 4 rings (SSSR count). The van der Waals surface area contributed by atoms with Crippen LogP contribution in [0.3, 0.4) is 0 Å². The van der Waals surface area contributed by atoms with Gasteiger partial charge in [0.15, 0.2) is 0 Å². The van der Waals surface area contributed by atoms with Crippen molar-refractivity contribution in [3.63, 3.8) is 0 Å². The molecule has 2 aromatic carbocycles. The van der Waals surface area contributed by atoms with Gasteiger partial charge in [0.05, 0.1) is 5.92 Å². The number of benzene rings is 2. The van der Waals surface area contributed by atoms with Crippen LogP contribution in [0.2, 0.25) is 0 Å². The van der Waals surface area contributed by atoms with Crippen molar-refractivity contribution in [1.29, 1.82) is 0 Å². The van der Waals surface area contributed by atoms with Gasteiger partial charge in [-0.25, -0.2) is 8.78 Å². The molecule has 0 aromatic heterocycles. The Balaban J connectivity index is 0.00000342. The van der Waals surface area contributed by atoms with Crippen LogP contribution in [-0.4, -0.2) is 61.4 Å². The quantitative estimate of drug-likeness (QED) is 0.529. The molecule has 8 heteroatoms. The number of hydrogen-bond acceptors (Lipinski definition) is 3. The summed E-state index contributed by atoms with van der Waals surface area (Å²) in [5.74, 6) is -1.93. The highest BCUT2D eigenvalue weighted by molar-refractivity contribution is 5.99. The molecule has 2 fully saturated rings. The maximum atomic E-state index is 14.6. The number of hydrogen-bond donors (Lipinski definition) is 0. The van der Waals surface area contributed by atoms with Crippen LogP contribution in [0.25, 0.3) is 0 Å². The minimum Gasteiger partial charge on any atom is -0.345 e. The summed E-state index contributed by atoms with van der Waals surface area (Å²) >= 11 is 0. The standard InChI is InChI=1S/C27H33F2N3O2.ClH/c1-30-19-22(18-25(30)33)27(34)32(26-23(28)9-5-10-24(26)29)14-6-13-31-15-11-21(12-16-31)17-20-7-3-2-4-8-20;/h2-5,7-10,21-22H,6,11-19H2,1H3;1H. The van der Waals surface area contributed by atoms with Crippen LogP contribution in [0.5, 0.6) is 0 Å². The van der Waals surface area contributed by atoms with E-state index >= 15 is 0 Å². The second kappa shape index (κ2) is 12.5. The van der Waals surface area contributed by atoms with Gasteiger partial charge in [-0.2, -0.15) is 0 Å². The molecule has 0 N–H and O–H groups in total. The van der Waals surface area contributed by atoms with E-state index in [1.165, 1.54) is 33.6 Å². The first-order valence-corrected chi connectivity index (χ1v) is 12.2. The lowest BCUT2D eigenvalue weighted by atomic mass is 9.90. The number of para-hydroxylation sites is 1. The van der Waals surface area contributed by atoms with Crippen molar-refractivity contribution in [2.24, 2.45) is 11.8 Å². The summed E-state index contributed by atoms with van der Waals surface area (Å²) in [7, 11) is 1.64. The Bertz CT molecular complexity index is 979. The molecule has 0 aliphatic carbocycles. The Morgan fingerprint density at radius 3 is 2.29 bits per heavy atom. The molecule has 1 unspecified atom stereocenters. The largest absolute Gasteiger partial charge is 0.345 e. The summed E-state index contributed by atoms with van der Waals surface area (Å²) in [5.41, 5.74) is 1.06. The summed E-state index contributed by atoms with van der Waals surface area (Å²) < 4.78 is 29.2. The summed E-state index contributed by atoms with van der Waals surface area (Å²) in [4.78, 5) is 30.3. The SMILES string of the molecule is CN1CC(C(=O)N(CCCN2CCC(Cc3ccccc3)CC2)c2c(F)cccc2F)CC1=O.Cl. The first-order chi connectivity index (χ1) is 16.4. The smallest absolute Gasteiger partial charge is 0.232 e. The van der Waals surface area contributed by atoms with E-state index in [-0.39, 0.29) is 49.4 Å². The van der Waals surface area contributed by atoms with Crippen LogP contribution in [0.4, 0.5) is 14.5 Å². The summed E-state index contributed by atoms with van der Waals surface area (Å²) in [6.45, 7) is 3.23. The molecule has 2 aliphatic heterocycles. The van der Waals surface area contributed by atoms with Gasteiger partial charge in [-0.3, -0.25) is 9.59 Å².